The molecule has 1 heterocycles. The summed E-state index contributed by atoms with van der Waals surface area (Å²) < 4.78 is 27.0. The summed E-state index contributed by atoms with van der Waals surface area (Å²) in [6, 6.07) is 3.02. The lowest BCUT2D eigenvalue weighted by Crippen LogP contribution is -2.29. The first kappa shape index (κ1) is 14.5. The van der Waals surface area contributed by atoms with Crippen LogP contribution in [0.4, 0.5) is 0 Å². The van der Waals surface area contributed by atoms with Crippen LogP contribution in [0.2, 0.25) is 0 Å². The van der Waals surface area contributed by atoms with E-state index >= 15 is 0 Å². The van der Waals surface area contributed by atoms with Crippen molar-refractivity contribution < 1.29 is 18.3 Å². The molecule has 0 saturated heterocycles. The second kappa shape index (κ2) is 5.22. The van der Waals surface area contributed by atoms with E-state index in [9.17, 15) is 13.2 Å². The molecule has 7 heteroatoms. The molecule has 1 aromatic heterocycles. The maximum absolute atomic E-state index is 12.1. The normalized spacial score (nSPS) is 17.3. The van der Waals surface area contributed by atoms with Gasteiger partial charge in [0.2, 0.25) is 10.0 Å². The van der Waals surface area contributed by atoms with Gasteiger partial charge in [-0.1, -0.05) is 6.92 Å². The molecule has 0 amide bonds. The van der Waals surface area contributed by atoms with Gasteiger partial charge in [0.05, 0.1) is 6.42 Å². The van der Waals surface area contributed by atoms with Crippen LogP contribution in [0, 0.1) is 5.41 Å². The number of hydrogen-bond acceptors (Lipinski definition) is 4. The Morgan fingerprint density at radius 3 is 2.68 bits per heavy atom. The third-order valence-corrected chi connectivity index (χ3v) is 6.55. The Hall–Kier alpha value is -0.920. The van der Waals surface area contributed by atoms with Gasteiger partial charge in [0, 0.05) is 11.4 Å². The topological polar surface area (TPSA) is 83.5 Å². The zero-order valence-corrected chi connectivity index (χ0v) is 12.3. The molecule has 5 nitrogen and oxygen atoms in total. The first-order valence-electron chi connectivity index (χ1n) is 6.17. The molecule has 1 aromatic rings. The molecule has 0 aromatic carbocycles. The maximum Gasteiger partial charge on any atom is 0.308 e. The van der Waals surface area contributed by atoms with Crippen LogP contribution in [0.3, 0.4) is 0 Å². The fraction of sp³-hybridized carbons (Fsp3) is 0.583. The van der Waals surface area contributed by atoms with Crippen molar-refractivity contribution in [2.45, 2.75) is 36.8 Å². The van der Waals surface area contributed by atoms with Gasteiger partial charge in [-0.3, -0.25) is 4.79 Å². The first-order valence-corrected chi connectivity index (χ1v) is 8.47. The monoisotopic (exact) mass is 303 g/mol. The van der Waals surface area contributed by atoms with Gasteiger partial charge in [-0.25, -0.2) is 13.1 Å². The van der Waals surface area contributed by atoms with Gasteiger partial charge in [-0.15, -0.1) is 11.3 Å². The third-order valence-electron chi connectivity index (χ3n) is 3.57. The van der Waals surface area contributed by atoms with Gasteiger partial charge in [-0.05, 0) is 36.8 Å². The van der Waals surface area contributed by atoms with Crippen molar-refractivity contribution in [1.29, 1.82) is 0 Å². The molecule has 0 aliphatic heterocycles. The number of thiophene rings is 1. The quantitative estimate of drug-likeness (QED) is 0.805. The van der Waals surface area contributed by atoms with Crippen molar-refractivity contribution in [3.8, 4) is 0 Å². The fourth-order valence-electron chi connectivity index (χ4n) is 1.90. The minimum absolute atomic E-state index is 0.140. The molecule has 1 fully saturated rings. The van der Waals surface area contributed by atoms with Crippen molar-refractivity contribution >= 4 is 27.3 Å². The highest BCUT2D eigenvalue weighted by Gasteiger charge is 2.41. The molecule has 0 atom stereocenters. The maximum atomic E-state index is 12.1. The lowest BCUT2D eigenvalue weighted by atomic mass is 10.1. The SMILES string of the molecule is CCC1(CNS(=O)(=O)c2ccc(CC(=O)O)s2)CC1. The Labute approximate surface area is 116 Å². The van der Waals surface area contributed by atoms with E-state index in [-0.39, 0.29) is 16.0 Å². The molecule has 106 valence electrons. The molecule has 0 unspecified atom stereocenters. The van der Waals surface area contributed by atoms with E-state index in [1.807, 2.05) is 0 Å². The van der Waals surface area contributed by atoms with Crippen molar-refractivity contribution in [3.63, 3.8) is 0 Å². The van der Waals surface area contributed by atoms with Gasteiger partial charge < -0.3 is 5.11 Å². The summed E-state index contributed by atoms with van der Waals surface area (Å²) >= 11 is 1.02. The zero-order chi connectivity index (χ0) is 14.1. The van der Waals surface area contributed by atoms with Gasteiger partial charge in [0.15, 0.2) is 0 Å². The molecule has 1 aliphatic rings. The molecular weight excluding hydrogens is 286 g/mol. The van der Waals surface area contributed by atoms with E-state index in [4.69, 9.17) is 5.11 Å². The van der Waals surface area contributed by atoms with Crippen molar-refractivity contribution in [3.05, 3.63) is 17.0 Å². The van der Waals surface area contributed by atoms with Crippen LogP contribution < -0.4 is 4.72 Å². The van der Waals surface area contributed by atoms with Crippen molar-refractivity contribution in [2.75, 3.05) is 6.54 Å². The van der Waals surface area contributed by atoms with Gasteiger partial charge >= 0.3 is 5.97 Å². The van der Waals surface area contributed by atoms with E-state index in [1.54, 1.807) is 6.07 Å². The van der Waals surface area contributed by atoms with Gasteiger partial charge in [-0.2, -0.15) is 0 Å². The summed E-state index contributed by atoms with van der Waals surface area (Å²) in [5.41, 5.74) is 0.147. The smallest absolute Gasteiger partial charge is 0.308 e. The molecule has 2 N–H and O–H groups in total. The van der Waals surface area contributed by atoms with Crippen LogP contribution in [0.15, 0.2) is 16.3 Å². The molecular formula is C12H17NO4S2. The van der Waals surface area contributed by atoms with Crippen LogP contribution >= 0.6 is 11.3 Å². The van der Waals surface area contributed by atoms with Crippen LogP contribution in [0.25, 0.3) is 0 Å². The number of aliphatic carboxylic acids is 1. The summed E-state index contributed by atoms with van der Waals surface area (Å²) in [6.45, 7) is 2.54. The molecule has 19 heavy (non-hydrogen) atoms. The van der Waals surface area contributed by atoms with Crippen LogP contribution in [0.5, 0.6) is 0 Å². The van der Waals surface area contributed by atoms with Gasteiger partial charge in [0.1, 0.15) is 4.21 Å². The molecule has 1 aliphatic carbocycles. The average molecular weight is 303 g/mol. The summed E-state index contributed by atoms with van der Waals surface area (Å²) in [5, 5.41) is 8.67. The summed E-state index contributed by atoms with van der Waals surface area (Å²) in [5.74, 6) is -0.957. The summed E-state index contributed by atoms with van der Waals surface area (Å²) in [7, 11) is -3.50. The highest BCUT2D eigenvalue weighted by molar-refractivity contribution is 7.91. The number of carbonyl (C=O) groups is 1. The molecule has 1 saturated carbocycles. The van der Waals surface area contributed by atoms with Crippen LogP contribution in [-0.4, -0.2) is 26.0 Å². The largest absolute Gasteiger partial charge is 0.481 e. The Balaban J connectivity index is 2.02. The summed E-state index contributed by atoms with van der Waals surface area (Å²) in [6.07, 6.45) is 2.98. The van der Waals surface area contributed by atoms with E-state index in [2.05, 4.69) is 11.6 Å². The molecule has 0 radical (unpaired) electrons. The van der Waals surface area contributed by atoms with E-state index in [1.165, 1.54) is 6.07 Å². The highest BCUT2D eigenvalue weighted by atomic mass is 32.2. The number of rotatable bonds is 7. The Morgan fingerprint density at radius 2 is 2.16 bits per heavy atom. The van der Waals surface area contributed by atoms with Crippen LogP contribution in [-0.2, 0) is 21.2 Å². The lowest BCUT2D eigenvalue weighted by molar-refractivity contribution is -0.136. The summed E-state index contributed by atoms with van der Waals surface area (Å²) in [4.78, 5) is 11.1. The first-order chi connectivity index (χ1) is 8.87. The second-order valence-electron chi connectivity index (χ2n) is 4.97. The number of carboxylic acid groups (broad SMARTS) is 1. The molecule has 0 spiro atoms. The minimum Gasteiger partial charge on any atom is -0.481 e. The minimum atomic E-state index is -3.50. The Bertz CT molecular complexity index is 572. The van der Waals surface area contributed by atoms with Gasteiger partial charge in [0.25, 0.3) is 0 Å². The molecule has 2 rings (SSSR count). The number of hydrogen-bond donors (Lipinski definition) is 2. The second-order valence-corrected chi connectivity index (χ2v) is 8.13. The number of carboxylic acids is 1. The third kappa shape index (κ3) is 3.55. The highest BCUT2D eigenvalue weighted by Crippen LogP contribution is 2.48. The predicted octanol–water partition coefficient (Wildman–Crippen LogP) is 1.84. The van der Waals surface area contributed by atoms with Crippen molar-refractivity contribution in [2.24, 2.45) is 5.41 Å². The number of sulfonamides is 1. The van der Waals surface area contributed by atoms with E-state index in [0.29, 0.717) is 11.4 Å². The Morgan fingerprint density at radius 1 is 1.47 bits per heavy atom. The molecule has 0 bridgehead atoms. The van der Waals surface area contributed by atoms with E-state index in [0.717, 1.165) is 30.6 Å². The zero-order valence-electron chi connectivity index (χ0n) is 10.7. The standard InChI is InChI=1S/C12H17NO4S2/c1-2-12(5-6-12)8-13-19(16,17)11-4-3-9(18-11)7-10(14)15/h3-4,13H,2,5-8H2,1H3,(H,14,15). The van der Waals surface area contributed by atoms with E-state index < -0.39 is 16.0 Å². The fourth-order valence-corrected chi connectivity index (χ4v) is 4.45. The van der Waals surface area contributed by atoms with Crippen LogP contribution in [0.1, 0.15) is 31.1 Å². The average Bonchev–Trinajstić information content (AvgIpc) is 2.98. The Kier molecular flexibility index (Phi) is 3.98. The lowest BCUT2D eigenvalue weighted by Gasteiger charge is -2.12. The van der Waals surface area contributed by atoms with Crippen molar-refractivity contribution in [1.82, 2.24) is 4.72 Å². The predicted molar refractivity (Wildman–Crippen MR) is 72.8 cm³/mol. The number of nitrogens with one attached hydrogen (secondary N) is 1.